The zero-order chi connectivity index (χ0) is 25.0. The molecule has 0 aromatic heterocycles. The summed E-state index contributed by atoms with van der Waals surface area (Å²) in [6.45, 7) is 0. The number of ether oxygens (including phenoxy) is 2. The fraction of sp³-hybridized carbons (Fsp3) is 0.241. The number of fused-ring (bicyclic) bond motifs is 1. The van der Waals surface area contributed by atoms with Crippen molar-refractivity contribution in [2.45, 2.75) is 18.3 Å². The third-order valence-corrected chi connectivity index (χ3v) is 6.87. The van der Waals surface area contributed by atoms with E-state index < -0.39 is 29.2 Å². The highest BCUT2D eigenvalue weighted by Gasteiger charge is 2.61. The molecular weight excluding hydrogens is 444 g/mol. The topological polar surface area (TPSA) is 93.1 Å². The minimum atomic E-state index is -1.51. The molecule has 6 heteroatoms. The van der Waals surface area contributed by atoms with Crippen molar-refractivity contribution in [1.29, 1.82) is 0 Å². The summed E-state index contributed by atoms with van der Waals surface area (Å²) >= 11 is 0. The molecule has 0 saturated heterocycles. The normalized spacial score (nSPS) is 18.5. The van der Waals surface area contributed by atoms with Crippen LogP contribution in [0, 0.1) is 11.8 Å². The fourth-order valence-electron chi connectivity index (χ4n) is 5.46. The van der Waals surface area contributed by atoms with Gasteiger partial charge in [0.15, 0.2) is 11.5 Å². The van der Waals surface area contributed by atoms with Gasteiger partial charge in [-0.3, -0.25) is 9.59 Å². The van der Waals surface area contributed by atoms with Crippen molar-refractivity contribution in [2.24, 2.45) is 11.8 Å². The molecule has 0 bridgehead atoms. The maximum absolute atomic E-state index is 13.0. The lowest BCUT2D eigenvalue weighted by Crippen LogP contribution is -2.51. The van der Waals surface area contributed by atoms with Crippen LogP contribution in [0.5, 0.6) is 0 Å². The SMILES string of the molecule is COC1=C(OC)C(C(Cc2ccccc2)C(=O)O)(C(Cc2ccccc2)C(=O)O)c2ccccc21. The number of allylic oxidation sites excluding steroid dienone is 1. The smallest absolute Gasteiger partial charge is 0.308 e. The first-order chi connectivity index (χ1) is 16.9. The lowest BCUT2D eigenvalue weighted by atomic mass is 9.59. The molecule has 2 N–H and O–H groups in total. The van der Waals surface area contributed by atoms with Crippen molar-refractivity contribution in [3.63, 3.8) is 0 Å². The molecule has 2 atom stereocenters. The molecule has 35 heavy (non-hydrogen) atoms. The molecule has 3 aromatic rings. The van der Waals surface area contributed by atoms with E-state index in [0.29, 0.717) is 16.9 Å². The third kappa shape index (κ3) is 4.16. The molecule has 2 unspecified atom stereocenters. The van der Waals surface area contributed by atoms with Crippen molar-refractivity contribution in [3.8, 4) is 0 Å². The lowest BCUT2D eigenvalue weighted by Gasteiger charge is -2.42. The van der Waals surface area contributed by atoms with Crippen molar-refractivity contribution < 1.29 is 29.3 Å². The lowest BCUT2D eigenvalue weighted by molar-refractivity contribution is -0.151. The maximum Gasteiger partial charge on any atom is 0.308 e. The molecule has 0 fully saturated rings. The summed E-state index contributed by atoms with van der Waals surface area (Å²) in [5.74, 6) is -3.89. The number of carboxylic acids is 2. The maximum atomic E-state index is 13.0. The van der Waals surface area contributed by atoms with Gasteiger partial charge in [-0.1, -0.05) is 84.9 Å². The second kappa shape index (κ2) is 10.1. The van der Waals surface area contributed by atoms with Crippen molar-refractivity contribution >= 4 is 17.7 Å². The predicted molar refractivity (Wildman–Crippen MR) is 132 cm³/mol. The Bertz CT molecular complexity index is 1170. The van der Waals surface area contributed by atoms with Crippen molar-refractivity contribution in [2.75, 3.05) is 14.2 Å². The van der Waals surface area contributed by atoms with E-state index >= 15 is 0 Å². The molecule has 0 amide bonds. The second-order valence-electron chi connectivity index (χ2n) is 8.64. The number of hydrogen-bond acceptors (Lipinski definition) is 4. The average molecular weight is 473 g/mol. The summed E-state index contributed by atoms with van der Waals surface area (Å²) in [7, 11) is 2.93. The average Bonchev–Trinajstić information content (AvgIpc) is 3.16. The first kappa shape index (κ1) is 24.1. The first-order valence-electron chi connectivity index (χ1n) is 11.4. The Kier molecular flexibility index (Phi) is 6.92. The summed E-state index contributed by atoms with van der Waals surface area (Å²) in [6, 6.07) is 25.7. The van der Waals surface area contributed by atoms with Gasteiger partial charge in [-0.2, -0.15) is 0 Å². The Morgan fingerprint density at radius 2 is 1.17 bits per heavy atom. The molecule has 6 nitrogen and oxygen atoms in total. The monoisotopic (exact) mass is 472 g/mol. The molecule has 0 spiro atoms. The first-order valence-corrected chi connectivity index (χ1v) is 11.4. The number of methoxy groups -OCH3 is 2. The van der Waals surface area contributed by atoms with Crippen LogP contribution in [0.1, 0.15) is 22.3 Å². The largest absolute Gasteiger partial charge is 0.496 e. The predicted octanol–water partition coefficient (Wildman–Crippen LogP) is 4.79. The van der Waals surface area contributed by atoms with E-state index in [0.717, 1.165) is 11.1 Å². The number of hydrogen-bond donors (Lipinski definition) is 2. The van der Waals surface area contributed by atoms with Gasteiger partial charge in [-0.05, 0) is 29.5 Å². The van der Waals surface area contributed by atoms with E-state index in [9.17, 15) is 19.8 Å². The van der Waals surface area contributed by atoms with Crippen LogP contribution in [-0.2, 0) is 37.3 Å². The molecule has 0 saturated carbocycles. The van der Waals surface area contributed by atoms with Gasteiger partial charge >= 0.3 is 11.9 Å². The standard InChI is InChI=1S/C29H28O6/c1-34-25-21-15-9-10-16-22(21)29(26(25)35-2,23(27(30)31)17-19-11-5-3-6-12-19)24(28(32)33)18-20-13-7-4-8-14-20/h3-16,23-24H,17-18H2,1-2H3,(H,30,31)(H,32,33). The van der Waals surface area contributed by atoms with Gasteiger partial charge in [0.25, 0.3) is 0 Å². The molecule has 0 aliphatic heterocycles. The van der Waals surface area contributed by atoms with E-state index in [4.69, 9.17) is 9.47 Å². The minimum absolute atomic E-state index is 0.118. The van der Waals surface area contributed by atoms with Gasteiger partial charge in [0.05, 0.1) is 31.5 Å². The van der Waals surface area contributed by atoms with Gasteiger partial charge in [0.1, 0.15) is 0 Å². The van der Waals surface area contributed by atoms with Gasteiger partial charge in [-0.15, -0.1) is 0 Å². The fourth-order valence-corrected chi connectivity index (χ4v) is 5.46. The van der Waals surface area contributed by atoms with Crippen LogP contribution in [0.3, 0.4) is 0 Å². The highest BCUT2D eigenvalue weighted by atomic mass is 16.5. The van der Waals surface area contributed by atoms with Crippen LogP contribution in [0.4, 0.5) is 0 Å². The molecule has 3 aromatic carbocycles. The molecule has 0 heterocycles. The summed E-state index contributed by atoms with van der Waals surface area (Å²) in [4.78, 5) is 26.1. The molecule has 180 valence electrons. The highest BCUT2D eigenvalue weighted by Crippen LogP contribution is 2.57. The Labute approximate surface area is 204 Å². The number of carboxylic acid groups (broad SMARTS) is 2. The zero-order valence-corrected chi connectivity index (χ0v) is 19.7. The molecule has 1 aliphatic rings. The van der Waals surface area contributed by atoms with Gasteiger partial charge in [0.2, 0.25) is 0 Å². The third-order valence-electron chi connectivity index (χ3n) is 6.87. The molecule has 1 aliphatic carbocycles. The Balaban J connectivity index is 2.04. The Hall–Kier alpha value is -4.06. The van der Waals surface area contributed by atoms with Crippen LogP contribution < -0.4 is 0 Å². The number of carbonyl (C=O) groups is 2. The van der Waals surface area contributed by atoms with E-state index in [2.05, 4.69) is 0 Å². The van der Waals surface area contributed by atoms with Gasteiger partial charge in [-0.25, -0.2) is 0 Å². The highest BCUT2D eigenvalue weighted by molar-refractivity contribution is 5.87. The van der Waals surface area contributed by atoms with Crippen LogP contribution >= 0.6 is 0 Å². The van der Waals surface area contributed by atoms with Crippen molar-refractivity contribution in [3.05, 3.63) is 113 Å². The Morgan fingerprint density at radius 3 is 1.60 bits per heavy atom. The van der Waals surface area contributed by atoms with Crippen LogP contribution in [-0.4, -0.2) is 36.4 Å². The van der Waals surface area contributed by atoms with Crippen LogP contribution in [0.25, 0.3) is 5.76 Å². The summed E-state index contributed by atoms with van der Waals surface area (Å²) in [5.41, 5.74) is 1.30. The molecular formula is C29H28O6. The number of aliphatic carboxylic acids is 2. The minimum Gasteiger partial charge on any atom is -0.496 e. The van der Waals surface area contributed by atoms with Crippen molar-refractivity contribution in [1.82, 2.24) is 0 Å². The van der Waals surface area contributed by atoms with Gasteiger partial charge < -0.3 is 19.7 Å². The summed E-state index contributed by atoms with van der Waals surface area (Å²) < 4.78 is 11.6. The van der Waals surface area contributed by atoms with Crippen LogP contribution in [0.2, 0.25) is 0 Å². The van der Waals surface area contributed by atoms with E-state index in [-0.39, 0.29) is 18.6 Å². The molecule has 4 rings (SSSR count). The Morgan fingerprint density at radius 1 is 0.714 bits per heavy atom. The molecule has 0 radical (unpaired) electrons. The quantitative estimate of drug-likeness (QED) is 0.441. The van der Waals surface area contributed by atoms with E-state index in [1.807, 2.05) is 72.8 Å². The van der Waals surface area contributed by atoms with E-state index in [1.54, 1.807) is 12.1 Å². The zero-order valence-electron chi connectivity index (χ0n) is 19.7. The summed E-state index contributed by atoms with van der Waals surface area (Å²) in [6.07, 6.45) is 0.236. The van der Waals surface area contributed by atoms with Crippen LogP contribution in [0.15, 0.2) is 90.7 Å². The number of benzene rings is 3. The second-order valence-corrected chi connectivity index (χ2v) is 8.64. The van der Waals surface area contributed by atoms with E-state index in [1.165, 1.54) is 14.2 Å². The number of rotatable bonds is 10. The summed E-state index contributed by atoms with van der Waals surface area (Å²) in [5, 5.41) is 21.3. The van der Waals surface area contributed by atoms with Gasteiger partial charge in [0, 0.05) is 5.56 Å².